The molecular formula is C15H20FIN4OS. The van der Waals surface area contributed by atoms with Crippen LogP contribution in [0.15, 0.2) is 23.2 Å². The Hall–Kier alpha value is -1.42. The van der Waals surface area contributed by atoms with E-state index in [1.54, 1.807) is 24.5 Å². The van der Waals surface area contributed by atoms with Crippen LogP contribution in [0.3, 0.4) is 0 Å². The molecule has 0 spiro atoms. The van der Waals surface area contributed by atoms with Crippen LogP contribution in [0.4, 0.5) is 4.39 Å². The lowest BCUT2D eigenvalue weighted by Crippen LogP contribution is -2.36. The Kier molecular flexibility index (Phi) is 7.69. The van der Waals surface area contributed by atoms with E-state index in [1.807, 2.05) is 13.8 Å². The molecule has 0 aliphatic rings. The van der Waals surface area contributed by atoms with Crippen LogP contribution in [0.5, 0.6) is 5.75 Å². The molecule has 0 saturated carbocycles. The highest BCUT2D eigenvalue weighted by molar-refractivity contribution is 14.0. The molecule has 2 aromatic rings. The van der Waals surface area contributed by atoms with Gasteiger partial charge in [-0.25, -0.2) is 9.37 Å². The highest BCUT2D eigenvalue weighted by Crippen LogP contribution is 2.17. The van der Waals surface area contributed by atoms with E-state index in [4.69, 9.17) is 5.11 Å². The van der Waals surface area contributed by atoms with E-state index in [9.17, 15) is 4.39 Å². The van der Waals surface area contributed by atoms with Gasteiger partial charge in [-0.2, -0.15) is 0 Å². The van der Waals surface area contributed by atoms with Crippen molar-refractivity contribution in [1.82, 2.24) is 15.6 Å². The van der Waals surface area contributed by atoms with E-state index >= 15 is 0 Å². The van der Waals surface area contributed by atoms with Crippen molar-refractivity contribution in [3.63, 3.8) is 0 Å². The molecule has 1 aromatic carbocycles. The largest absolute Gasteiger partial charge is 0.505 e. The van der Waals surface area contributed by atoms with Gasteiger partial charge in [0.1, 0.15) is 0 Å². The number of aryl methyl sites for hydroxylation is 2. The highest BCUT2D eigenvalue weighted by atomic mass is 127. The van der Waals surface area contributed by atoms with Gasteiger partial charge in [-0.1, -0.05) is 6.07 Å². The average Bonchev–Trinajstić information content (AvgIpc) is 2.81. The quantitative estimate of drug-likeness (QED) is 0.381. The lowest BCUT2D eigenvalue weighted by atomic mass is 10.2. The minimum absolute atomic E-state index is 0. The van der Waals surface area contributed by atoms with Crippen molar-refractivity contribution in [2.24, 2.45) is 4.99 Å². The molecule has 0 amide bonds. The van der Waals surface area contributed by atoms with E-state index in [2.05, 4.69) is 20.6 Å². The van der Waals surface area contributed by atoms with Crippen LogP contribution in [-0.2, 0) is 13.1 Å². The normalized spacial score (nSPS) is 11.0. The number of rotatable bonds is 4. The van der Waals surface area contributed by atoms with Crippen LogP contribution in [0.25, 0.3) is 0 Å². The second-order valence-electron chi connectivity index (χ2n) is 4.81. The number of aromatic hydroxyl groups is 1. The van der Waals surface area contributed by atoms with E-state index in [1.165, 1.54) is 12.1 Å². The number of guanidine groups is 1. The number of aromatic nitrogens is 1. The van der Waals surface area contributed by atoms with Gasteiger partial charge >= 0.3 is 0 Å². The summed E-state index contributed by atoms with van der Waals surface area (Å²) in [5, 5.41) is 16.5. The first-order chi connectivity index (χ1) is 10.5. The Bertz CT molecular complexity index is 690. The maximum atomic E-state index is 13.3. The van der Waals surface area contributed by atoms with Crippen LogP contribution in [0.2, 0.25) is 0 Å². The first-order valence-corrected chi connectivity index (χ1v) is 7.66. The number of hydrogen-bond acceptors (Lipinski definition) is 4. The Morgan fingerprint density at radius 2 is 2.00 bits per heavy atom. The highest BCUT2D eigenvalue weighted by Gasteiger charge is 2.06. The lowest BCUT2D eigenvalue weighted by Gasteiger charge is -2.11. The van der Waals surface area contributed by atoms with Crippen LogP contribution >= 0.6 is 35.3 Å². The van der Waals surface area contributed by atoms with Crippen LogP contribution in [0, 0.1) is 19.7 Å². The number of thiazole rings is 1. The Balaban J connectivity index is 0.00000264. The second-order valence-corrected chi connectivity index (χ2v) is 6.09. The second kappa shape index (κ2) is 9.02. The van der Waals surface area contributed by atoms with Crippen LogP contribution in [0.1, 0.15) is 21.1 Å². The molecule has 23 heavy (non-hydrogen) atoms. The standard InChI is InChI=1S/C15H19FN4OS.HI/c1-9-14(22-10(2)20-9)8-19-15(17-3)18-7-11-4-5-13(21)12(16)6-11;/h4-6,21H,7-8H2,1-3H3,(H2,17,18,19);1H. The Morgan fingerprint density at radius 3 is 2.57 bits per heavy atom. The summed E-state index contributed by atoms with van der Waals surface area (Å²) in [7, 11) is 1.68. The van der Waals surface area contributed by atoms with Crippen molar-refractivity contribution in [3.05, 3.63) is 45.2 Å². The number of benzene rings is 1. The SMILES string of the molecule is CN=C(NCc1ccc(O)c(F)c1)NCc1sc(C)nc1C.I. The number of nitrogens with one attached hydrogen (secondary N) is 2. The average molecular weight is 450 g/mol. The molecule has 5 nitrogen and oxygen atoms in total. The molecule has 2 rings (SSSR count). The lowest BCUT2D eigenvalue weighted by molar-refractivity contribution is 0.431. The molecule has 0 atom stereocenters. The summed E-state index contributed by atoms with van der Waals surface area (Å²) in [5.74, 6) is -0.348. The predicted octanol–water partition coefficient (Wildman–Crippen LogP) is 3.09. The first-order valence-electron chi connectivity index (χ1n) is 6.84. The van der Waals surface area contributed by atoms with Crippen molar-refractivity contribution in [1.29, 1.82) is 0 Å². The van der Waals surface area contributed by atoms with Gasteiger partial charge in [0.05, 0.1) is 17.2 Å². The number of hydrogen-bond donors (Lipinski definition) is 3. The number of phenols is 1. The zero-order valence-corrected chi connectivity index (χ0v) is 16.3. The van der Waals surface area contributed by atoms with Gasteiger partial charge in [0, 0.05) is 18.5 Å². The van der Waals surface area contributed by atoms with Gasteiger partial charge in [0.15, 0.2) is 17.5 Å². The molecule has 0 bridgehead atoms. The van der Waals surface area contributed by atoms with Crippen molar-refractivity contribution in [2.75, 3.05) is 7.05 Å². The third kappa shape index (κ3) is 5.61. The predicted molar refractivity (Wildman–Crippen MR) is 102 cm³/mol. The maximum Gasteiger partial charge on any atom is 0.191 e. The monoisotopic (exact) mass is 450 g/mol. The smallest absolute Gasteiger partial charge is 0.191 e. The fourth-order valence-corrected chi connectivity index (χ4v) is 2.85. The van der Waals surface area contributed by atoms with Crippen molar-refractivity contribution in [3.8, 4) is 5.75 Å². The number of aliphatic imine (C=N–C) groups is 1. The van der Waals surface area contributed by atoms with Gasteiger partial charge in [-0.05, 0) is 31.5 Å². The molecule has 0 aliphatic carbocycles. The molecule has 8 heteroatoms. The third-order valence-electron chi connectivity index (χ3n) is 3.11. The number of halogens is 2. The summed E-state index contributed by atoms with van der Waals surface area (Å²) in [6.07, 6.45) is 0. The Morgan fingerprint density at radius 1 is 1.30 bits per heavy atom. The molecule has 1 aromatic heterocycles. The van der Waals surface area contributed by atoms with Gasteiger partial charge in [0.2, 0.25) is 0 Å². The van der Waals surface area contributed by atoms with E-state index in [-0.39, 0.29) is 29.7 Å². The molecule has 3 N–H and O–H groups in total. The van der Waals surface area contributed by atoms with Crippen LogP contribution in [-0.4, -0.2) is 23.1 Å². The van der Waals surface area contributed by atoms with E-state index in [0.717, 1.165) is 21.1 Å². The third-order valence-corrected chi connectivity index (χ3v) is 4.18. The Labute approximate surface area is 156 Å². The topological polar surface area (TPSA) is 69.5 Å². The van der Waals surface area contributed by atoms with Crippen LogP contribution < -0.4 is 10.6 Å². The summed E-state index contributed by atoms with van der Waals surface area (Å²) in [4.78, 5) is 9.67. The van der Waals surface area contributed by atoms with Gasteiger partial charge < -0.3 is 15.7 Å². The molecule has 0 fully saturated rings. The molecule has 0 aliphatic heterocycles. The van der Waals surface area contributed by atoms with Gasteiger partial charge in [0.25, 0.3) is 0 Å². The molecule has 0 radical (unpaired) electrons. The minimum atomic E-state index is -0.627. The summed E-state index contributed by atoms with van der Waals surface area (Å²) < 4.78 is 13.3. The van der Waals surface area contributed by atoms with Gasteiger partial charge in [-0.15, -0.1) is 35.3 Å². The summed E-state index contributed by atoms with van der Waals surface area (Å²) in [6, 6.07) is 4.30. The molecule has 1 heterocycles. The van der Waals surface area contributed by atoms with E-state index < -0.39 is 5.82 Å². The number of nitrogens with zero attached hydrogens (tertiary/aromatic N) is 2. The van der Waals surface area contributed by atoms with Crippen molar-refractivity contribution in [2.45, 2.75) is 26.9 Å². The summed E-state index contributed by atoms with van der Waals surface area (Å²) >= 11 is 1.65. The summed E-state index contributed by atoms with van der Waals surface area (Å²) in [6.45, 7) is 5.02. The first kappa shape index (κ1) is 19.6. The zero-order valence-electron chi connectivity index (χ0n) is 13.2. The number of phenolic OH excluding ortho intramolecular Hbond substituents is 1. The molecule has 0 saturated heterocycles. The maximum absolute atomic E-state index is 13.3. The van der Waals surface area contributed by atoms with E-state index in [0.29, 0.717) is 19.0 Å². The minimum Gasteiger partial charge on any atom is -0.505 e. The zero-order chi connectivity index (χ0) is 16.1. The fraction of sp³-hybridized carbons (Fsp3) is 0.333. The van der Waals surface area contributed by atoms with Crippen molar-refractivity contribution >= 4 is 41.3 Å². The van der Waals surface area contributed by atoms with Gasteiger partial charge in [-0.3, -0.25) is 4.99 Å². The fourth-order valence-electron chi connectivity index (χ4n) is 1.97. The molecular weight excluding hydrogens is 430 g/mol. The van der Waals surface area contributed by atoms with Crippen molar-refractivity contribution < 1.29 is 9.50 Å². The molecule has 0 unspecified atom stereocenters. The summed E-state index contributed by atoms with van der Waals surface area (Å²) in [5.41, 5.74) is 1.74. The molecule has 126 valence electrons.